The second-order valence-corrected chi connectivity index (χ2v) is 4.51. The average Bonchev–Trinajstić information content (AvgIpc) is 2.01. The third-order valence-corrected chi connectivity index (χ3v) is 2.16. The maximum absolute atomic E-state index is 5.69. The summed E-state index contributed by atoms with van der Waals surface area (Å²) in [4.78, 5) is 5.35. The van der Waals surface area contributed by atoms with E-state index in [4.69, 9.17) is 9.57 Å². The van der Waals surface area contributed by atoms with Gasteiger partial charge in [-0.15, -0.1) is 0 Å². The standard InChI is InChI=1S/C10H19NO2/c1-6-9-12-8(10(2,3)4)7-11(5)13-9/h6,8-9H,1,7H2,2-5H3. The van der Waals surface area contributed by atoms with Crippen molar-refractivity contribution in [2.75, 3.05) is 13.6 Å². The summed E-state index contributed by atoms with van der Waals surface area (Å²) < 4.78 is 5.69. The van der Waals surface area contributed by atoms with Crippen LogP contribution in [0.3, 0.4) is 0 Å². The Kier molecular flexibility index (Phi) is 3.11. The second kappa shape index (κ2) is 3.78. The van der Waals surface area contributed by atoms with Gasteiger partial charge in [0.2, 0.25) is 0 Å². The van der Waals surface area contributed by atoms with Crippen LogP contribution in [0.5, 0.6) is 0 Å². The Balaban J connectivity index is 2.62. The summed E-state index contributed by atoms with van der Waals surface area (Å²) in [7, 11) is 1.91. The van der Waals surface area contributed by atoms with E-state index in [2.05, 4.69) is 27.4 Å². The van der Waals surface area contributed by atoms with E-state index < -0.39 is 0 Å². The zero-order valence-electron chi connectivity index (χ0n) is 8.91. The average molecular weight is 185 g/mol. The first-order valence-corrected chi connectivity index (χ1v) is 4.59. The van der Waals surface area contributed by atoms with Crippen molar-refractivity contribution in [3.8, 4) is 0 Å². The largest absolute Gasteiger partial charge is 0.342 e. The van der Waals surface area contributed by atoms with Crippen molar-refractivity contribution in [2.45, 2.75) is 33.2 Å². The van der Waals surface area contributed by atoms with Gasteiger partial charge in [0, 0.05) is 7.05 Å². The maximum Gasteiger partial charge on any atom is 0.196 e. The molecule has 0 amide bonds. The fourth-order valence-electron chi connectivity index (χ4n) is 1.26. The predicted octanol–water partition coefficient (Wildman–Crippen LogP) is 1.81. The molecule has 1 aliphatic rings. The van der Waals surface area contributed by atoms with Crippen molar-refractivity contribution >= 4 is 0 Å². The van der Waals surface area contributed by atoms with Crippen molar-refractivity contribution in [3.63, 3.8) is 0 Å². The van der Waals surface area contributed by atoms with E-state index in [1.165, 1.54) is 0 Å². The van der Waals surface area contributed by atoms with Gasteiger partial charge in [0.25, 0.3) is 0 Å². The molecule has 76 valence electrons. The Morgan fingerprint density at radius 1 is 1.46 bits per heavy atom. The van der Waals surface area contributed by atoms with Gasteiger partial charge in [-0.25, -0.2) is 0 Å². The summed E-state index contributed by atoms with van der Waals surface area (Å²) in [6.45, 7) is 10.9. The fourth-order valence-corrected chi connectivity index (χ4v) is 1.26. The number of hydrogen-bond acceptors (Lipinski definition) is 3. The Morgan fingerprint density at radius 3 is 2.54 bits per heavy atom. The van der Waals surface area contributed by atoms with E-state index in [0.717, 1.165) is 6.54 Å². The molecule has 3 heteroatoms. The molecule has 1 rings (SSSR count). The van der Waals surface area contributed by atoms with Gasteiger partial charge in [-0.2, -0.15) is 5.06 Å². The smallest absolute Gasteiger partial charge is 0.196 e. The highest BCUT2D eigenvalue weighted by Crippen LogP contribution is 2.27. The summed E-state index contributed by atoms with van der Waals surface area (Å²) in [5, 5.41) is 1.81. The molecule has 13 heavy (non-hydrogen) atoms. The number of hydrogen-bond donors (Lipinski definition) is 0. The van der Waals surface area contributed by atoms with Gasteiger partial charge in [-0.3, -0.25) is 4.84 Å². The van der Waals surface area contributed by atoms with Crippen molar-refractivity contribution < 1.29 is 9.57 Å². The Morgan fingerprint density at radius 2 is 2.08 bits per heavy atom. The molecule has 0 bridgehead atoms. The lowest BCUT2D eigenvalue weighted by molar-refractivity contribution is -0.326. The molecule has 0 N–H and O–H groups in total. The van der Waals surface area contributed by atoms with Gasteiger partial charge in [0.1, 0.15) is 0 Å². The monoisotopic (exact) mass is 185 g/mol. The molecule has 0 saturated carbocycles. The molecule has 1 heterocycles. The lowest BCUT2D eigenvalue weighted by atomic mass is 9.88. The van der Waals surface area contributed by atoms with Crippen LogP contribution in [-0.2, 0) is 9.57 Å². The molecule has 0 radical (unpaired) electrons. The zero-order chi connectivity index (χ0) is 10.1. The first-order chi connectivity index (χ1) is 5.93. The van der Waals surface area contributed by atoms with Crippen LogP contribution in [0.4, 0.5) is 0 Å². The van der Waals surface area contributed by atoms with Crippen molar-refractivity contribution in [2.24, 2.45) is 5.41 Å². The van der Waals surface area contributed by atoms with Crippen LogP contribution in [-0.4, -0.2) is 31.0 Å². The van der Waals surface area contributed by atoms with E-state index >= 15 is 0 Å². The van der Waals surface area contributed by atoms with Crippen molar-refractivity contribution in [1.29, 1.82) is 0 Å². The molecule has 0 aromatic rings. The van der Waals surface area contributed by atoms with Crippen LogP contribution in [0, 0.1) is 5.41 Å². The molecule has 1 saturated heterocycles. The summed E-state index contributed by atoms with van der Waals surface area (Å²) in [6, 6.07) is 0. The lowest BCUT2D eigenvalue weighted by Crippen LogP contribution is -2.48. The van der Waals surface area contributed by atoms with Gasteiger partial charge in [0.05, 0.1) is 12.6 Å². The van der Waals surface area contributed by atoms with E-state index in [9.17, 15) is 0 Å². The number of nitrogens with zero attached hydrogens (tertiary/aromatic N) is 1. The molecule has 2 unspecified atom stereocenters. The molecular formula is C10H19NO2. The summed E-state index contributed by atoms with van der Waals surface area (Å²) >= 11 is 0. The molecule has 2 atom stereocenters. The molecular weight excluding hydrogens is 166 g/mol. The van der Waals surface area contributed by atoms with E-state index in [0.29, 0.717) is 0 Å². The summed E-state index contributed by atoms with van der Waals surface area (Å²) in [6.07, 6.45) is 1.56. The molecule has 0 aliphatic carbocycles. The van der Waals surface area contributed by atoms with Crippen LogP contribution < -0.4 is 0 Å². The number of likely N-dealkylation sites (N-methyl/N-ethyl adjacent to an activating group) is 1. The van der Waals surface area contributed by atoms with E-state index in [-0.39, 0.29) is 17.8 Å². The minimum Gasteiger partial charge on any atom is -0.342 e. The first-order valence-electron chi connectivity index (χ1n) is 4.59. The molecule has 1 aliphatic heterocycles. The lowest BCUT2D eigenvalue weighted by Gasteiger charge is -2.40. The van der Waals surface area contributed by atoms with Gasteiger partial charge < -0.3 is 4.74 Å². The Hall–Kier alpha value is -0.380. The molecule has 3 nitrogen and oxygen atoms in total. The molecule has 1 fully saturated rings. The molecule has 0 spiro atoms. The van der Waals surface area contributed by atoms with Gasteiger partial charge >= 0.3 is 0 Å². The van der Waals surface area contributed by atoms with Crippen LogP contribution in [0.15, 0.2) is 12.7 Å². The van der Waals surface area contributed by atoms with Gasteiger partial charge in [-0.1, -0.05) is 27.4 Å². The molecule has 0 aromatic carbocycles. The van der Waals surface area contributed by atoms with E-state index in [1.54, 1.807) is 6.08 Å². The highest BCUT2D eigenvalue weighted by atomic mass is 16.8. The van der Waals surface area contributed by atoms with Gasteiger partial charge in [0.15, 0.2) is 6.29 Å². The normalized spacial score (nSPS) is 31.7. The highest BCUT2D eigenvalue weighted by Gasteiger charge is 2.33. The third-order valence-electron chi connectivity index (χ3n) is 2.16. The van der Waals surface area contributed by atoms with Gasteiger partial charge in [-0.05, 0) is 11.5 Å². The first kappa shape index (κ1) is 10.7. The third kappa shape index (κ3) is 2.79. The quantitative estimate of drug-likeness (QED) is 0.581. The summed E-state index contributed by atoms with van der Waals surface area (Å²) in [5.41, 5.74) is 0.138. The van der Waals surface area contributed by atoms with Crippen LogP contribution in [0.1, 0.15) is 20.8 Å². The SMILES string of the molecule is C=CC1OC(C(C)(C)C)CN(C)O1. The van der Waals surface area contributed by atoms with Crippen LogP contribution in [0.2, 0.25) is 0 Å². The van der Waals surface area contributed by atoms with Crippen LogP contribution >= 0.6 is 0 Å². The fraction of sp³-hybridized carbons (Fsp3) is 0.800. The number of ether oxygens (including phenoxy) is 1. The minimum absolute atomic E-state index is 0.138. The topological polar surface area (TPSA) is 21.7 Å². The maximum atomic E-state index is 5.69. The Bertz CT molecular complexity index is 186. The Labute approximate surface area is 80.3 Å². The summed E-state index contributed by atoms with van der Waals surface area (Å²) in [5.74, 6) is 0. The van der Waals surface area contributed by atoms with Crippen LogP contribution in [0.25, 0.3) is 0 Å². The predicted molar refractivity (Wildman–Crippen MR) is 52.0 cm³/mol. The van der Waals surface area contributed by atoms with Crippen molar-refractivity contribution in [3.05, 3.63) is 12.7 Å². The molecule has 0 aromatic heterocycles. The zero-order valence-corrected chi connectivity index (χ0v) is 8.91. The minimum atomic E-state index is -0.303. The van der Waals surface area contributed by atoms with E-state index in [1.807, 2.05) is 12.1 Å². The second-order valence-electron chi connectivity index (χ2n) is 4.51. The number of hydroxylamine groups is 2. The highest BCUT2D eigenvalue weighted by molar-refractivity contribution is 4.82. The number of rotatable bonds is 1. The van der Waals surface area contributed by atoms with Crippen molar-refractivity contribution in [1.82, 2.24) is 5.06 Å².